The zero-order valence-corrected chi connectivity index (χ0v) is 20.6. The van der Waals surface area contributed by atoms with E-state index in [-0.39, 0.29) is 16.8 Å². The summed E-state index contributed by atoms with van der Waals surface area (Å²) in [5.41, 5.74) is 2.55. The zero-order valence-electron chi connectivity index (χ0n) is 18.9. The van der Waals surface area contributed by atoms with Gasteiger partial charge in [-0.05, 0) is 56.7 Å². The van der Waals surface area contributed by atoms with Gasteiger partial charge in [-0.1, -0.05) is 30.3 Å². The molecule has 4 aromatic rings. The second-order valence-electron chi connectivity index (χ2n) is 8.15. The first-order chi connectivity index (χ1) is 15.7. The van der Waals surface area contributed by atoms with Crippen molar-refractivity contribution in [3.05, 3.63) is 76.8 Å². The van der Waals surface area contributed by atoms with Crippen LogP contribution in [0.4, 0.5) is 5.69 Å². The van der Waals surface area contributed by atoms with E-state index in [0.29, 0.717) is 17.1 Å². The lowest BCUT2D eigenvalue weighted by molar-refractivity contribution is 0.103. The van der Waals surface area contributed by atoms with Gasteiger partial charge < -0.3 is 5.32 Å². The van der Waals surface area contributed by atoms with Crippen LogP contribution in [-0.2, 0) is 16.6 Å². The van der Waals surface area contributed by atoms with Gasteiger partial charge in [-0.25, -0.2) is 8.42 Å². The van der Waals surface area contributed by atoms with E-state index >= 15 is 0 Å². The number of hydrogen-bond acceptors (Lipinski definition) is 5. The van der Waals surface area contributed by atoms with E-state index in [9.17, 15) is 13.2 Å². The number of sulfonamides is 1. The van der Waals surface area contributed by atoms with Gasteiger partial charge >= 0.3 is 0 Å². The SMILES string of the molecule is Cc1nn(Cc2ccccc2)c2sc(C(=O)Nc3ccc(S(=O)(=O)N(C)C(C)C)cc3)cc12. The summed E-state index contributed by atoms with van der Waals surface area (Å²) in [5, 5.41) is 8.44. The van der Waals surface area contributed by atoms with Crippen LogP contribution in [0.5, 0.6) is 0 Å². The van der Waals surface area contributed by atoms with E-state index in [1.54, 1.807) is 19.2 Å². The molecule has 0 saturated heterocycles. The minimum absolute atomic E-state index is 0.149. The Morgan fingerprint density at radius 2 is 1.79 bits per heavy atom. The van der Waals surface area contributed by atoms with Crippen LogP contribution in [0.25, 0.3) is 10.2 Å². The third-order valence-corrected chi connectivity index (χ3v) is 8.72. The molecule has 0 saturated carbocycles. The van der Waals surface area contributed by atoms with E-state index in [2.05, 4.69) is 10.4 Å². The van der Waals surface area contributed by atoms with Gasteiger partial charge in [0.15, 0.2) is 0 Å². The summed E-state index contributed by atoms with van der Waals surface area (Å²) in [5.74, 6) is -0.239. The van der Waals surface area contributed by atoms with Crippen LogP contribution in [0.1, 0.15) is 34.8 Å². The second kappa shape index (κ2) is 9.09. The number of benzene rings is 2. The number of aromatic nitrogens is 2. The summed E-state index contributed by atoms with van der Waals surface area (Å²) in [6.45, 7) is 6.20. The first-order valence-electron chi connectivity index (χ1n) is 10.6. The van der Waals surface area contributed by atoms with Gasteiger partial charge in [0.1, 0.15) is 4.83 Å². The van der Waals surface area contributed by atoms with Crippen LogP contribution >= 0.6 is 11.3 Å². The number of rotatable bonds is 7. The Kier molecular flexibility index (Phi) is 6.38. The summed E-state index contributed by atoms with van der Waals surface area (Å²) in [7, 11) is -2.01. The summed E-state index contributed by atoms with van der Waals surface area (Å²) in [6.07, 6.45) is 0. The van der Waals surface area contributed by atoms with Crippen LogP contribution in [0, 0.1) is 6.92 Å². The second-order valence-corrected chi connectivity index (χ2v) is 11.2. The molecule has 0 aliphatic carbocycles. The quantitative estimate of drug-likeness (QED) is 0.413. The smallest absolute Gasteiger partial charge is 0.265 e. The van der Waals surface area contributed by atoms with Crippen LogP contribution in [0.15, 0.2) is 65.6 Å². The number of nitrogens with one attached hydrogen (secondary N) is 1. The Labute approximate surface area is 197 Å². The van der Waals surface area contributed by atoms with Gasteiger partial charge in [-0.2, -0.15) is 9.40 Å². The van der Waals surface area contributed by atoms with Crippen LogP contribution in [0.2, 0.25) is 0 Å². The number of hydrogen-bond donors (Lipinski definition) is 1. The molecule has 172 valence electrons. The Morgan fingerprint density at radius 1 is 1.12 bits per heavy atom. The van der Waals surface area contributed by atoms with E-state index in [1.807, 2.05) is 61.9 Å². The predicted molar refractivity (Wildman–Crippen MR) is 132 cm³/mol. The normalized spacial score (nSPS) is 12.1. The number of fused-ring (bicyclic) bond motifs is 1. The van der Waals surface area contributed by atoms with Crippen molar-refractivity contribution in [3.63, 3.8) is 0 Å². The number of anilines is 1. The first kappa shape index (κ1) is 23.2. The van der Waals surface area contributed by atoms with E-state index in [4.69, 9.17) is 0 Å². The van der Waals surface area contributed by atoms with E-state index in [0.717, 1.165) is 21.5 Å². The van der Waals surface area contributed by atoms with Gasteiger partial charge in [0.2, 0.25) is 10.0 Å². The lowest BCUT2D eigenvalue weighted by Crippen LogP contribution is -2.33. The Morgan fingerprint density at radius 3 is 2.42 bits per heavy atom. The standard InChI is InChI=1S/C24H26N4O3S2/c1-16(2)27(4)33(30,31)20-12-10-19(11-13-20)25-23(29)22-14-21-17(3)26-28(24(21)32-22)15-18-8-6-5-7-9-18/h5-14,16H,15H2,1-4H3,(H,25,29). The first-order valence-corrected chi connectivity index (χ1v) is 12.8. The average Bonchev–Trinajstić information content (AvgIpc) is 3.35. The largest absolute Gasteiger partial charge is 0.321 e. The molecule has 1 N–H and O–H groups in total. The number of carbonyl (C=O) groups is 1. The summed E-state index contributed by atoms with van der Waals surface area (Å²) in [6, 6.07) is 18.0. The molecule has 4 rings (SSSR count). The molecule has 0 aliphatic rings. The number of nitrogens with zero attached hydrogens (tertiary/aromatic N) is 3. The van der Waals surface area contributed by atoms with E-state index < -0.39 is 10.0 Å². The molecule has 7 nitrogen and oxygen atoms in total. The third-order valence-electron chi connectivity index (χ3n) is 5.52. The molecule has 0 aliphatic heterocycles. The maximum absolute atomic E-state index is 12.9. The fraction of sp³-hybridized carbons (Fsp3) is 0.250. The van der Waals surface area contributed by atoms with Crippen molar-refractivity contribution >= 4 is 43.2 Å². The molecule has 9 heteroatoms. The molecule has 0 atom stereocenters. The topological polar surface area (TPSA) is 84.3 Å². The highest BCUT2D eigenvalue weighted by Crippen LogP contribution is 2.29. The zero-order chi connectivity index (χ0) is 23.8. The monoisotopic (exact) mass is 482 g/mol. The number of amides is 1. The van der Waals surface area contributed by atoms with Crippen molar-refractivity contribution in [3.8, 4) is 0 Å². The van der Waals surface area contributed by atoms with Crippen LogP contribution in [-0.4, -0.2) is 41.5 Å². The molecule has 2 aromatic heterocycles. The minimum atomic E-state index is -3.57. The number of carbonyl (C=O) groups excluding carboxylic acids is 1. The van der Waals surface area contributed by atoms with Crippen LogP contribution in [0.3, 0.4) is 0 Å². The molecule has 0 fully saturated rings. The maximum Gasteiger partial charge on any atom is 0.265 e. The van der Waals surface area contributed by atoms with E-state index in [1.165, 1.54) is 27.8 Å². The fourth-order valence-electron chi connectivity index (χ4n) is 3.43. The fourth-order valence-corrected chi connectivity index (χ4v) is 5.86. The average molecular weight is 483 g/mol. The third kappa shape index (κ3) is 4.71. The van der Waals surface area contributed by atoms with Gasteiger partial charge in [0, 0.05) is 24.2 Å². The highest BCUT2D eigenvalue weighted by molar-refractivity contribution is 7.89. The molecular weight excluding hydrogens is 456 g/mol. The maximum atomic E-state index is 12.9. The lowest BCUT2D eigenvalue weighted by Gasteiger charge is -2.21. The molecule has 2 heterocycles. The predicted octanol–water partition coefficient (Wildman–Crippen LogP) is 4.74. The molecule has 0 unspecified atom stereocenters. The number of thiophene rings is 1. The molecule has 0 radical (unpaired) electrons. The van der Waals surface area contributed by atoms with Crippen molar-refractivity contribution < 1.29 is 13.2 Å². The van der Waals surface area contributed by atoms with Crippen LogP contribution < -0.4 is 5.32 Å². The molecule has 2 aromatic carbocycles. The Balaban J connectivity index is 1.53. The molecule has 33 heavy (non-hydrogen) atoms. The summed E-state index contributed by atoms with van der Waals surface area (Å²) < 4.78 is 28.5. The molecule has 0 bridgehead atoms. The van der Waals surface area contributed by atoms with Crippen molar-refractivity contribution in [2.75, 3.05) is 12.4 Å². The molecule has 0 spiro atoms. The minimum Gasteiger partial charge on any atom is -0.321 e. The highest BCUT2D eigenvalue weighted by Gasteiger charge is 2.23. The van der Waals surface area contributed by atoms with Crippen molar-refractivity contribution in [2.45, 2.75) is 38.3 Å². The Bertz CT molecular complexity index is 1390. The number of aryl methyl sites for hydroxylation is 1. The van der Waals surface area contributed by atoms with Gasteiger partial charge in [-0.15, -0.1) is 11.3 Å². The van der Waals surface area contributed by atoms with Crippen molar-refractivity contribution in [1.82, 2.24) is 14.1 Å². The van der Waals surface area contributed by atoms with Gasteiger partial charge in [0.05, 0.1) is 22.0 Å². The molecular formula is C24H26N4O3S2. The lowest BCUT2D eigenvalue weighted by atomic mass is 10.2. The summed E-state index contributed by atoms with van der Waals surface area (Å²) >= 11 is 1.39. The van der Waals surface area contributed by atoms with Gasteiger partial charge in [-0.3, -0.25) is 9.48 Å². The molecule has 1 amide bonds. The van der Waals surface area contributed by atoms with Crippen molar-refractivity contribution in [1.29, 1.82) is 0 Å². The Hall–Kier alpha value is -3.01. The van der Waals surface area contributed by atoms with Crippen molar-refractivity contribution in [2.24, 2.45) is 0 Å². The van der Waals surface area contributed by atoms with Gasteiger partial charge in [0.25, 0.3) is 5.91 Å². The summed E-state index contributed by atoms with van der Waals surface area (Å²) in [4.78, 5) is 14.6. The highest BCUT2D eigenvalue weighted by atomic mass is 32.2.